The number of pyridine rings is 1. The molecule has 26 heavy (non-hydrogen) atoms. The fourth-order valence-electron chi connectivity index (χ4n) is 3.27. The number of rotatable bonds is 10. The van der Waals surface area contributed by atoms with Crippen molar-refractivity contribution in [3.05, 3.63) is 53.3 Å². The van der Waals surface area contributed by atoms with Gasteiger partial charge in [-0.1, -0.05) is 70.7 Å². The molecule has 3 nitrogen and oxygen atoms in total. The second-order valence-corrected chi connectivity index (χ2v) is 7.22. The molecule has 0 amide bonds. The molecule has 0 saturated carbocycles. The number of aromatic carboxylic acids is 1. The summed E-state index contributed by atoms with van der Waals surface area (Å²) in [6.45, 7) is 6.68. The highest BCUT2D eigenvalue weighted by atomic mass is 16.4. The van der Waals surface area contributed by atoms with E-state index in [0.29, 0.717) is 5.92 Å². The lowest BCUT2D eigenvalue weighted by molar-refractivity contribution is 0.0690. The van der Waals surface area contributed by atoms with Crippen LogP contribution in [-0.4, -0.2) is 16.1 Å². The molecule has 3 heteroatoms. The van der Waals surface area contributed by atoms with Gasteiger partial charge in [0.2, 0.25) is 0 Å². The number of carbonyl (C=O) groups is 1. The number of benzene rings is 1. The first-order chi connectivity index (χ1) is 12.6. The summed E-state index contributed by atoms with van der Waals surface area (Å²) in [7, 11) is 0. The Bertz CT molecular complexity index is 724. The molecule has 140 valence electrons. The van der Waals surface area contributed by atoms with Gasteiger partial charge in [-0.2, -0.15) is 0 Å². The molecule has 0 bridgehead atoms. The average molecular weight is 354 g/mol. The van der Waals surface area contributed by atoms with Crippen LogP contribution in [0.2, 0.25) is 0 Å². The van der Waals surface area contributed by atoms with Crippen molar-refractivity contribution in [3.63, 3.8) is 0 Å². The highest BCUT2D eigenvalue weighted by Gasteiger charge is 2.15. The number of aromatic nitrogens is 1. The maximum absolute atomic E-state index is 11.4. The fourth-order valence-corrected chi connectivity index (χ4v) is 3.27. The van der Waals surface area contributed by atoms with Gasteiger partial charge in [0.25, 0.3) is 0 Å². The Morgan fingerprint density at radius 3 is 2.54 bits per heavy atom. The van der Waals surface area contributed by atoms with E-state index < -0.39 is 5.97 Å². The van der Waals surface area contributed by atoms with E-state index in [1.54, 1.807) is 12.3 Å². The first kappa shape index (κ1) is 20.2. The Hall–Kier alpha value is -2.16. The van der Waals surface area contributed by atoms with Gasteiger partial charge in [-0.15, -0.1) is 0 Å². The maximum Gasteiger partial charge on any atom is 0.354 e. The summed E-state index contributed by atoms with van der Waals surface area (Å²) in [4.78, 5) is 15.6. The lowest BCUT2D eigenvalue weighted by atomic mass is 9.89. The van der Waals surface area contributed by atoms with Gasteiger partial charge in [0.05, 0.1) is 0 Å². The van der Waals surface area contributed by atoms with E-state index >= 15 is 0 Å². The van der Waals surface area contributed by atoms with Crippen LogP contribution >= 0.6 is 0 Å². The Balaban J connectivity index is 2.41. The monoisotopic (exact) mass is 353 g/mol. The third-order valence-electron chi connectivity index (χ3n) is 5.08. The van der Waals surface area contributed by atoms with Crippen LogP contribution < -0.4 is 0 Å². The first-order valence-corrected chi connectivity index (χ1v) is 9.87. The van der Waals surface area contributed by atoms with Crippen LogP contribution in [0, 0.1) is 5.92 Å². The van der Waals surface area contributed by atoms with Crippen molar-refractivity contribution >= 4 is 5.97 Å². The third kappa shape index (κ3) is 5.42. The quantitative estimate of drug-likeness (QED) is 0.520. The summed E-state index contributed by atoms with van der Waals surface area (Å²) in [6.07, 6.45) is 9.61. The fraction of sp³-hybridized carbons (Fsp3) is 0.478. The number of carboxylic acid groups (broad SMARTS) is 1. The van der Waals surface area contributed by atoms with E-state index in [0.717, 1.165) is 42.4 Å². The molecule has 1 aromatic heterocycles. The zero-order chi connectivity index (χ0) is 18.9. The minimum absolute atomic E-state index is 0.121. The van der Waals surface area contributed by atoms with E-state index in [-0.39, 0.29) is 5.69 Å². The normalized spacial score (nSPS) is 12.1. The van der Waals surface area contributed by atoms with Gasteiger partial charge in [-0.25, -0.2) is 9.78 Å². The number of hydrogen-bond acceptors (Lipinski definition) is 2. The van der Waals surface area contributed by atoms with Crippen LogP contribution in [0.4, 0.5) is 0 Å². The summed E-state index contributed by atoms with van der Waals surface area (Å²) in [5.74, 6) is -0.367. The Morgan fingerprint density at radius 1 is 1.08 bits per heavy atom. The molecule has 0 aliphatic heterocycles. The van der Waals surface area contributed by atoms with Gasteiger partial charge in [0.15, 0.2) is 0 Å². The predicted molar refractivity (Wildman–Crippen MR) is 108 cm³/mol. The highest BCUT2D eigenvalue weighted by molar-refractivity contribution is 5.88. The minimum Gasteiger partial charge on any atom is -0.477 e. The summed E-state index contributed by atoms with van der Waals surface area (Å²) >= 11 is 0. The molecule has 0 fully saturated rings. The van der Waals surface area contributed by atoms with Crippen LogP contribution in [0.1, 0.15) is 74.5 Å². The van der Waals surface area contributed by atoms with Crippen molar-refractivity contribution in [1.82, 2.24) is 4.98 Å². The molecular weight excluding hydrogens is 322 g/mol. The van der Waals surface area contributed by atoms with Crippen molar-refractivity contribution in [2.45, 2.75) is 65.7 Å². The van der Waals surface area contributed by atoms with Crippen LogP contribution in [0.15, 0.2) is 36.5 Å². The van der Waals surface area contributed by atoms with Gasteiger partial charge in [-0.05, 0) is 53.5 Å². The molecule has 1 aromatic carbocycles. The third-order valence-corrected chi connectivity index (χ3v) is 5.08. The van der Waals surface area contributed by atoms with Gasteiger partial charge in [0.1, 0.15) is 5.69 Å². The standard InChI is InChI=1S/C23H31NO2/c1-4-6-7-8-12-19-16-24-22(23(25)26)15-21(19)20-13-10-9-11-18(20)14-17(3)5-2/h9-11,13,15-17H,4-8,12,14H2,1-3H3,(H,25,26)/t17-/m0/s1. The van der Waals surface area contributed by atoms with Gasteiger partial charge >= 0.3 is 5.97 Å². The molecule has 0 unspecified atom stereocenters. The van der Waals surface area contributed by atoms with E-state index in [2.05, 4.69) is 44.0 Å². The van der Waals surface area contributed by atoms with Gasteiger partial charge in [0, 0.05) is 6.20 Å². The lowest BCUT2D eigenvalue weighted by Gasteiger charge is -2.16. The smallest absolute Gasteiger partial charge is 0.354 e. The SMILES string of the molecule is CCCCCCc1cnc(C(=O)O)cc1-c1ccccc1C[C@@H](C)CC. The molecule has 0 saturated heterocycles. The van der Waals surface area contributed by atoms with Gasteiger partial charge in [-0.3, -0.25) is 0 Å². The molecule has 2 aromatic rings. The Labute approximate surface area is 157 Å². The van der Waals surface area contributed by atoms with Crippen molar-refractivity contribution in [3.8, 4) is 11.1 Å². The summed E-state index contributed by atoms with van der Waals surface area (Å²) in [5, 5.41) is 9.38. The van der Waals surface area contributed by atoms with Crippen molar-refractivity contribution in [2.75, 3.05) is 0 Å². The molecule has 0 spiro atoms. The van der Waals surface area contributed by atoms with Crippen LogP contribution in [-0.2, 0) is 12.8 Å². The predicted octanol–water partition coefficient (Wildman–Crippen LogP) is 6.16. The largest absolute Gasteiger partial charge is 0.477 e. The second kappa shape index (κ2) is 10.1. The van der Waals surface area contributed by atoms with Crippen LogP contribution in [0.25, 0.3) is 11.1 Å². The maximum atomic E-state index is 11.4. The van der Waals surface area contributed by atoms with Crippen molar-refractivity contribution in [1.29, 1.82) is 0 Å². The molecule has 1 N–H and O–H groups in total. The van der Waals surface area contributed by atoms with Crippen LogP contribution in [0.5, 0.6) is 0 Å². The Morgan fingerprint density at radius 2 is 1.85 bits per heavy atom. The molecule has 1 atom stereocenters. The molecule has 2 rings (SSSR count). The number of aryl methyl sites for hydroxylation is 1. The summed E-state index contributed by atoms with van der Waals surface area (Å²) in [6, 6.07) is 10.2. The van der Waals surface area contributed by atoms with Gasteiger partial charge < -0.3 is 5.11 Å². The molecular formula is C23H31NO2. The summed E-state index contributed by atoms with van der Waals surface area (Å²) in [5.41, 5.74) is 4.76. The zero-order valence-corrected chi connectivity index (χ0v) is 16.3. The number of carboxylic acids is 1. The van der Waals surface area contributed by atoms with E-state index in [4.69, 9.17) is 0 Å². The number of nitrogens with zero attached hydrogens (tertiary/aromatic N) is 1. The molecule has 0 radical (unpaired) electrons. The zero-order valence-electron chi connectivity index (χ0n) is 16.3. The second-order valence-electron chi connectivity index (χ2n) is 7.22. The summed E-state index contributed by atoms with van der Waals surface area (Å²) < 4.78 is 0. The molecule has 0 aliphatic rings. The number of hydrogen-bond donors (Lipinski definition) is 1. The minimum atomic E-state index is -0.969. The van der Waals surface area contributed by atoms with E-state index in [9.17, 15) is 9.90 Å². The molecule has 0 aliphatic carbocycles. The molecule has 1 heterocycles. The topological polar surface area (TPSA) is 50.2 Å². The lowest BCUT2D eigenvalue weighted by Crippen LogP contribution is -2.05. The van der Waals surface area contributed by atoms with E-state index in [1.807, 2.05) is 6.07 Å². The number of unbranched alkanes of at least 4 members (excludes halogenated alkanes) is 3. The first-order valence-electron chi connectivity index (χ1n) is 9.87. The van der Waals surface area contributed by atoms with Crippen molar-refractivity contribution in [2.24, 2.45) is 5.92 Å². The van der Waals surface area contributed by atoms with Crippen molar-refractivity contribution < 1.29 is 9.90 Å². The van der Waals surface area contributed by atoms with E-state index in [1.165, 1.54) is 24.8 Å². The van der Waals surface area contributed by atoms with Crippen LogP contribution in [0.3, 0.4) is 0 Å². The highest BCUT2D eigenvalue weighted by Crippen LogP contribution is 2.30. The Kier molecular flexibility index (Phi) is 7.83. The average Bonchev–Trinajstić information content (AvgIpc) is 2.65.